The summed E-state index contributed by atoms with van der Waals surface area (Å²) in [4.78, 5) is 1.74. The third-order valence-electron chi connectivity index (χ3n) is 3.11. The molecule has 19 heavy (non-hydrogen) atoms. The molecular formula is C16H17FN2. The van der Waals surface area contributed by atoms with E-state index in [4.69, 9.17) is 5.73 Å². The number of benzene rings is 2. The SMILES string of the molecule is C=C(c1ccc(N)cc1)N(C)c1cc(C)ccc1F. The van der Waals surface area contributed by atoms with Crippen molar-refractivity contribution in [2.24, 2.45) is 0 Å². The van der Waals surface area contributed by atoms with Gasteiger partial charge in [0, 0.05) is 18.4 Å². The highest BCUT2D eigenvalue weighted by molar-refractivity contribution is 5.78. The Balaban J connectivity index is 2.33. The van der Waals surface area contributed by atoms with Gasteiger partial charge in [0.1, 0.15) is 5.82 Å². The maximum absolute atomic E-state index is 13.9. The molecule has 3 heteroatoms. The molecule has 0 aliphatic rings. The van der Waals surface area contributed by atoms with Gasteiger partial charge in [-0.3, -0.25) is 0 Å². The zero-order valence-corrected chi connectivity index (χ0v) is 11.2. The van der Waals surface area contributed by atoms with E-state index in [1.54, 1.807) is 36.2 Å². The third kappa shape index (κ3) is 2.76. The molecule has 0 saturated heterocycles. The van der Waals surface area contributed by atoms with E-state index in [0.29, 0.717) is 11.4 Å². The van der Waals surface area contributed by atoms with Gasteiger partial charge in [-0.1, -0.05) is 24.8 Å². The van der Waals surface area contributed by atoms with Crippen molar-refractivity contribution in [1.29, 1.82) is 0 Å². The van der Waals surface area contributed by atoms with Crippen LogP contribution in [-0.4, -0.2) is 7.05 Å². The predicted octanol–water partition coefficient (Wildman–Crippen LogP) is 3.82. The number of rotatable bonds is 3. The average Bonchev–Trinajstić information content (AvgIpc) is 2.41. The summed E-state index contributed by atoms with van der Waals surface area (Å²) in [5.74, 6) is -0.260. The van der Waals surface area contributed by atoms with Gasteiger partial charge in [-0.2, -0.15) is 0 Å². The van der Waals surface area contributed by atoms with Gasteiger partial charge in [0.15, 0.2) is 0 Å². The van der Waals surface area contributed by atoms with Gasteiger partial charge in [-0.15, -0.1) is 0 Å². The second-order valence-electron chi connectivity index (χ2n) is 4.58. The Morgan fingerprint density at radius 1 is 1.16 bits per heavy atom. The number of hydrogen-bond acceptors (Lipinski definition) is 2. The Hall–Kier alpha value is -2.29. The first-order valence-electron chi connectivity index (χ1n) is 6.04. The van der Waals surface area contributed by atoms with Gasteiger partial charge in [-0.25, -0.2) is 4.39 Å². The van der Waals surface area contributed by atoms with E-state index < -0.39 is 0 Å². The normalized spacial score (nSPS) is 10.3. The lowest BCUT2D eigenvalue weighted by Gasteiger charge is -2.23. The lowest BCUT2D eigenvalue weighted by Crippen LogP contribution is -2.16. The molecule has 0 atom stereocenters. The highest BCUT2D eigenvalue weighted by Gasteiger charge is 2.11. The van der Waals surface area contributed by atoms with E-state index in [9.17, 15) is 4.39 Å². The number of nitrogen functional groups attached to an aromatic ring is 1. The van der Waals surface area contributed by atoms with Crippen molar-refractivity contribution in [3.8, 4) is 0 Å². The van der Waals surface area contributed by atoms with Gasteiger partial charge in [-0.05, 0) is 42.3 Å². The number of nitrogens with zero attached hydrogens (tertiary/aromatic N) is 1. The van der Waals surface area contributed by atoms with Crippen molar-refractivity contribution in [2.45, 2.75) is 6.92 Å². The van der Waals surface area contributed by atoms with Crippen LogP contribution in [0.4, 0.5) is 15.8 Å². The van der Waals surface area contributed by atoms with Crippen molar-refractivity contribution in [1.82, 2.24) is 0 Å². The summed E-state index contributed by atoms with van der Waals surface area (Å²) in [7, 11) is 1.80. The van der Waals surface area contributed by atoms with Crippen molar-refractivity contribution >= 4 is 17.1 Å². The number of aryl methyl sites for hydroxylation is 1. The molecule has 0 aliphatic heterocycles. The molecule has 2 nitrogen and oxygen atoms in total. The molecule has 98 valence electrons. The number of anilines is 2. The van der Waals surface area contributed by atoms with Crippen molar-refractivity contribution in [3.63, 3.8) is 0 Å². The fourth-order valence-corrected chi connectivity index (χ4v) is 1.89. The van der Waals surface area contributed by atoms with Crippen molar-refractivity contribution in [2.75, 3.05) is 17.7 Å². The first-order valence-corrected chi connectivity index (χ1v) is 6.04. The van der Waals surface area contributed by atoms with Crippen molar-refractivity contribution < 1.29 is 4.39 Å². The fourth-order valence-electron chi connectivity index (χ4n) is 1.89. The molecule has 0 saturated carbocycles. The fraction of sp³-hybridized carbons (Fsp3) is 0.125. The smallest absolute Gasteiger partial charge is 0.146 e. The van der Waals surface area contributed by atoms with Gasteiger partial charge >= 0.3 is 0 Å². The Kier molecular flexibility index (Phi) is 3.56. The molecule has 0 fully saturated rings. The van der Waals surface area contributed by atoms with Crippen molar-refractivity contribution in [3.05, 3.63) is 66.0 Å². The molecule has 0 heterocycles. The van der Waals surface area contributed by atoms with E-state index in [0.717, 1.165) is 16.8 Å². The Morgan fingerprint density at radius 3 is 2.42 bits per heavy atom. The predicted molar refractivity (Wildman–Crippen MR) is 79.4 cm³/mol. The van der Waals surface area contributed by atoms with Gasteiger partial charge in [0.05, 0.1) is 5.69 Å². The standard InChI is InChI=1S/C16H17FN2/c1-11-4-9-15(17)16(10-11)19(3)12(2)13-5-7-14(18)8-6-13/h4-10H,2,18H2,1,3H3. The van der Waals surface area contributed by atoms with Crippen LogP contribution in [0.25, 0.3) is 5.70 Å². The van der Waals surface area contributed by atoms with Crippen LogP contribution in [0.3, 0.4) is 0 Å². The van der Waals surface area contributed by atoms with Crippen LogP contribution >= 0.6 is 0 Å². The Labute approximate surface area is 113 Å². The highest BCUT2D eigenvalue weighted by Crippen LogP contribution is 2.27. The molecular weight excluding hydrogens is 239 g/mol. The van der Waals surface area contributed by atoms with Crippen LogP contribution in [0, 0.1) is 12.7 Å². The summed E-state index contributed by atoms with van der Waals surface area (Å²) in [5, 5.41) is 0. The number of halogens is 1. The molecule has 0 amide bonds. The summed E-state index contributed by atoms with van der Waals surface area (Å²) >= 11 is 0. The molecule has 0 aromatic heterocycles. The van der Waals surface area contributed by atoms with Crippen LogP contribution in [0.5, 0.6) is 0 Å². The quantitative estimate of drug-likeness (QED) is 0.846. The van der Waals surface area contributed by atoms with E-state index in [1.165, 1.54) is 6.07 Å². The summed E-state index contributed by atoms with van der Waals surface area (Å²) < 4.78 is 13.9. The lowest BCUT2D eigenvalue weighted by molar-refractivity contribution is 0.627. The number of hydrogen-bond donors (Lipinski definition) is 1. The zero-order valence-electron chi connectivity index (χ0n) is 11.2. The summed E-state index contributed by atoms with van der Waals surface area (Å²) in [6, 6.07) is 12.4. The largest absolute Gasteiger partial charge is 0.399 e. The molecule has 0 bridgehead atoms. The number of nitrogens with two attached hydrogens (primary N) is 1. The summed E-state index contributed by atoms with van der Waals surface area (Å²) in [6.45, 7) is 5.95. The maximum Gasteiger partial charge on any atom is 0.146 e. The first kappa shape index (κ1) is 13.1. The van der Waals surface area contributed by atoms with Gasteiger partial charge < -0.3 is 10.6 Å². The molecule has 0 spiro atoms. The van der Waals surface area contributed by atoms with E-state index in [2.05, 4.69) is 6.58 Å². The van der Waals surface area contributed by atoms with E-state index in [-0.39, 0.29) is 5.82 Å². The highest BCUT2D eigenvalue weighted by atomic mass is 19.1. The van der Waals surface area contributed by atoms with Crippen LogP contribution in [-0.2, 0) is 0 Å². The van der Waals surface area contributed by atoms with Crippen LogP contribution in [0.15, 0.2) is 49.0 Å². The average molecular weight is 256 g/mol. The lowest BCUT2D eigenvalue weighted by atomic mass is 10.1. The van der Waals surface area contributed by atoms with E-state index in [1.807, 2.05) is 19.1 Å². The molecule has 2 aromatic carbocycles. The monoisotopic (exact) mass is 256 g/mol. The first-order chi connectivity index (χ1) is 8.99. The molecule has 2 aromatic rings. The second kappa shape index (κ2) is 5.14. The molecule has 0 unspecified atom stereocenters. The van der Waals surface area contributed by atoms with Crippen LogP contribution in [0.1, 0.15) is 11.1 Å². The molecule has 2 rings (SSSR count). The molecule has 0 radical (unpaired) electrons. The van der Waals surface area contributed by atoms with Crippen LogP contribution < -0.4 is 10.6 Å². The minimum Gasteiger partial charge on any atom is -0.399 e. The van der Waals surface area contributed by atoms with Gasteiger partial charge in [0.2, 0.25) is 0 Å². The summed E-state index contributed by atoms with van der Waals surface area (Å²) in [5.41, 5.74) is 9.51. The topological polar surface area (TPSA) is 29.3 Å². The second-order valence-corrected chi connectivity index (χ2v) is 4.58. The van der Waals surface area contributed by atoms with E-state index >= 15 is 0 Å². The van der Waals surface area contributed by atoms with Gasteiger partial charge in [0.25, 0.3) is 0 Å². The minimum atomic E-state index is -0.260. The maximum atomic E-state index is 13.9. The molecule has 2 N–H and O–H groups in total. The van der Waals surface area contributed by atoms with Crippen LogP contribution in [0.2, 0.25) is 0 Å². The zero-order chi connectivity index (χ0) is 14.0. The Bertz CT molecular complexity index is 603. The third-order valence-corrected chi connectivity index (χ3v) is 3.11. The molecule has 0 aliphatic carbocycles. The minimum absolute atomic E-state index is 0.260. The summed E-state index contributed by atoms with van der Waals surface area (Å²) in [6.07, 6.45) is 0. The Morgan fingerprint density at radius 2 is 1.79 bits per heavy atom.